The van der Waals surface area contributed by atoms with Gasteiger partial charge in [-0.25, -0.2) is 15.0 Å². The van der Waals surface area contributed by atoms with E-state index in [9.17, 15) is 4.79 Å². The molecular formula is C12H15N5O3. The number of aromatic nitrogens is 4. The second-order valence-electron chi connectivity index (χ2n) is 4.68. The van der Waals surface area contributed by atoms with Crippen LogP contribution in [0, 0.1) is 0 Å². The van der Waals surface area contributed by atoms with E-state index in [1.807, 2.05) is 4.57 Å². The molecule has 2 atom stereocenters. The molecule has 20 heavy (non-hydrogen) atoms. The van der Waals surface area contributed by atoms with Gasteiger partial charge >= 0.3 is 5.97 Å². The molecule has 2 aromatic heterocycles. The van der Waals surface area contributed by atoms with E-state index in [0.717, 1.165) is 12.8 Å². The number of hydrogen-bond donors (Lipinski definition) is 1. The van der Waals surface area contributed by atoms with Crippen LogP contribution < -0.4 is 5.73 Å². The number of carbonyl (C=O) groups is 1. The molecule has 3 rings (SSSR count). The van der Waals surface area contributed by atoms with Gasteiger partial charge in [0.25, 0.3) is 0 Å². The van der Waals surface area contributed by atoms with Gasteiger partial charge in [0, 0.05) is 6.92 Å². The average molecular weight is 277 g/mol. The third kappa shape index (κ3) is 2.29. The van der Waals surface area contributed by atoms with Crippen LogP contribution in [0.4, 0.5) is 5.82 Å². The third-order valence-electron chi connectivity index (χ3n) is 3.25. The van der Waals surface area contributed by atoms with Crippen molar-refractivity contribution in [3.8, 4) is 0 Å². The number of esters is 1. The molecule has 1 aliphatic rings. The third-order valence-corrected chi connectivity index (χ3v) is 3.25. The molecule has 1 aliphatic heterocycles. The Morgan fingerprint density at radius 1 is 1.50 bits per heavy atom. The van der Waals surface area contributed by atoms with Gasteiger partial charge in [0.05, 0.1) is 12.4 Å². The van der Waals surface area contributed by atoms with Crippen molar-refractivity contribution in [3.05, 3.63) is 12.7 Å². The molecule has 106 valence electrons. The average Bonchev–Trinajstić information content (AvgIpc) is 3.02. The van der Waals surface area contributed by atoms with Crippen LogP contribution in [0.2, 0.25) is 0 Å². The second kappa shape index (κ2) is 5.04. The zero-order valence-electron chi connectivity index (χ0n) is 11.0. The second-order valence-corrected chi connectivity index (χ2v) is 4.68. The Balaban J connectivity index is 1.76. The van der Waals surface area contributed by atoms with E-state index >= 15 is 0 Å². The van der Waals surface area contributed by atoms with Crippen LogP contribution in [0.5, 0.6) is 0 Å². The Kier molecular flexibility index (Phi) is 3.23. The van der Waals surface area contributed by atoms with Crippen molar-refractivity contribution in [1.29, 1.82) is 0 Å². The van der Waals surface area contributed by atoms with Crippen molar-refractivity contribution in [1.82, 2.24) is 19.5 Å². The van der Waals surface area contributed by atoms with Gasteiger partial charge in [-0.2, -0.15) is 0 Å². The predicted molar refractivity (Wildman–Crippen MR) is 69.5 cm³/mol. The summed E-state index contributed by atoms with van der Waals surface area (Å²) in [6.45, 7) is 1.66. The summed E-state index contributed by atoms with van der Waals surface area (Å²) in [6, 6.07) is 0. The van der Waals surface area contributed by atoms with Gasteiger partial charge in [0.15, 0.2) is 11.5 Å². The molecule has 2 N–H and O–H groups in total. The Bertz CT molecular complexity index is 641. The molecule has 8 heteroatoms. The Morgan fingerprint density at radius 3 is 3.15 bits per heavy atom. The highest BCUT2D eigenvalue weighted by atomic mass is 16.6. The maximum Gasteiger partial charge on any atom is 0.302 e. The van der Waals surface area contributed by atoms with Crippen LogP contribution in [0.3, 0.4) is 0 Å². The minimum atomic E-state index is -0.300. The van der Waals surface area contributed by atoms with Crippen molar-refractivity contribution in [2.45, 2.75) is 32.1 Å². The van der Waals surface area contributed by atoms with Gasteiger partial charge in [-0.1, -0.05) is 0 Å². The summed E-state index contributed by atoms with van der Waals surface area (Å²) in [4.78, 5) is 23.1. The van der Waals surface area contributed by atoms with Crippen LogP contribution in [-0.2, 0) is 14.3 Å². The smallest absolute Gasteiger partial charge is 0.302 e. The molecule has 0 spiro atoms. The number of anilines is 1. The molecule has 1 saturated heterocycles. The predicted octanol–water partition coefficient (Wildman–Crippen LogP) is 0.649. The van der Waals surface area contributed by atoms with Crippen LogP contribution in [0.25, 0.3) is 11.2 Å². The number of imidazole rings is 1. The quantitative estimate of drug-likeness (QED) is 0.821. The molecule has 0 amide bonds. The van der Waals surface area contributed by atoms with Crippen LogP contribution in [-0.4, -0.2) is 38.2 Å². The first-order chi connectivity index (χ1) is 9.65. The lowest BCUT2D eigenvalue weighted by Crippen LogP contribution is -2.18. The van der Waals surface area contributed by atoms with Gasteiger partial charge in [0.1, 0.15) is 24.7 Å². The highest BCUT2D eigenvalue weighted by molar-refractivity contribution is 5.81. The molecular weight excluding hydrogens is 262 g/mol. The van der Waals surface area contributed by atoms with E-state index in [0.29, 0.717) is 17.0 Å². The van der Waals surface area contributed by atoms with E-state index in [-0.39, 0.29) is 24.9 Å². The normalized spacial score (nSPS) is 22.2. The summed E-state index contributed by atoms with van der Waals surface area (Å²) < 4.78 is 12.6. The summed E-state index contributed by atoms with van der Waals surface area (Å²) >= 11 is 0. The number of fused-ring (bicyclic) bond motifs is 1. The molecule has 0 aliphatic carbocycles. The summed E-state index contributed by atoms with van der Waals surface area (Å²) in [5, 5.41) is 0. The molecule has 0 radical (unpaired) electrons. The Morgan fingerprint density at radius 2 is 2.35 bits per heavy atom. The fraction of sp³-hybridized carbons (Fsp3) is 0.500. The van der Waals surface area contributed by atoms with E-state index < -0.39 is 0 Å². The number of hydrogen-bond acceptors (Lipinski definition) is 7. The number of nitrogens with zero attached hydrogens (tertiary/aromatic N) is 4. The van der Waals surface area contributed by atoms with Gasteiger partial charge in [-0.3, -0.25) is 9.36 Å². The topological polar surface area (TPSA) is 105 Å². The van der Waals surface area contributed by atoms with Crippen molar-refractivity contribution in [2.24, 2.45) is 0 Å². The number of ether oxygens (including phenoxy) is 2. The summed E-state index contributed by atoms with van der Waals surface area (Å²) in [5.41, 5.74) is 6.97. The summed E-state index contributed by atoms with van der Waals surface area (Å²) in [5.74, 6) is 0.0499. The lowest BCUT2D eigenvalue weighted by Gasteiger charge is -2.15. The fourth-order valence-electron chi connectivity index (χ4n) is 2.31. The van der Waals surface area contributed by atoms with E-state index in [1.165, 1.54) is 13.3 Å². The van der Waals surface area contributed by atoms with Crippen LogP contribution in [0.15, 0.2) is 12.7 Å². The molecule has 2 unspecified atom stereocenters. The Hall–Kier alpha value is -2.22. The first kappa shape index (κ1) is 12.8. The van der Waals surface area contributed by atoms with Crippen LogP contribution >= 0.6 is 0 Å². The van der Waals surface area contributed by atoms with Crippen molar-refractivity contribution in [2.75, 3.05) is 12.3 Å². The van der Waals surface area contributed by atoms with Crippen molar-refractivity contribution < 1.29 is 14.3 Å². The molecule has 0 aromatic carbocycles. The van der Waals surface area contributed by atoms with Gasteiger partial charge in [-0.15, -0.1) is 0 Å². The molecule has 0 bridgehead atoms. The first-order valence-electron chi connectivity index (χ1n) is 6.37. The van der Waals surface area contributed by atoms with Gasteiger partial charge in [-0.05, 0) is 12.8 Å². The number of carbonyl (C=O) groups excluding carboxylic acids is 1. The summed E-state index contributed by atoms with van der Waals surface area (Å²) in [7, 11) is 0. The van der Waals surface area contributed by atoms with E-state index in [1.54, 1.807) is 6.33 Å². The Labute approximate surface area is 114 Å². The number of nitrogen functional groups attached to an aromatic ring is 1. The zero-order valence-corrected chi connectivity index (χ0v) is 11.0. The lowest BCUT2D eigenvalue weighted by atomic mass is 10.2. The fourth-order valence-corrected chi connectivity index (χ4v) is 2.31. The monoisotopic (exact) mass is 277 g/mol. The first-order valence-corrected chi connectivity index (χ1v) is 6.37. The van der Waals surface area contributed by atoms with E-state index in [2.05, 4.69) is 15.0 Å². The number of nitrogens with two attached hydrogens (primary N) is 1. The zero-order chi connectivity index (χ0) is 14.1. The molecule has 3 heterocycles. The van der Waals surface area contributed by atoms with Gasteiger partial charge < -0.3 is 15.2 Å². The highest BCUT2D eigenvalue weighted by Gasteiger charge is 2.28. The standard InChI is InChI=1S/C12H15N5O3/c1-7(18)19-4-8-2-3-9(20-8)17-6-16-10-11(13)14-5-15-12(10)17/h5-6,8-9H,2-4H2,1H3,(H2,13,14,15). The molecule has 2 aromatic rings. The van der Waals surface area contributed by atoms with Crippen molar-refractivity contribution in [3.63, 3.8) is 0 Å². The molecule has 8 nitrogen and oxygen atoms in total. The maximum atomic E-state index is 10.8. The SMILES string of the molecule is CC(=O)OCC1CCC(n2cnc3c(N)ncnc32)O1. The molecule has 0 saturated carbocycles. The minimum Gasteiger partial charge on any atom is -0.463 e. The van der Waals surface area contributed by atoms with Gasteiger partial charge in [0.2, 0.25) is 0 Å². The maximum absolute atomic E-state index is 10.8. The van der Waals surface area contributed by atoms with Crippen LogP contribution in [0.1, 0.15) is 26.0 Å². The highest BCUT2D eigenvalue weighted by Crippen LogP contribution is 2.30. The number of rotatable bonds is 3. The molecule has 1 fully saturated rings. The minimum absolute atomic E-state index is 0.0967. The largest absolute Gasteiger partial charge is 0.463 e. The summed E-state index contributed by atoms with van der Waals surface area (Å²) in [6.07, 6.45) is 4.41. The van der Waals surface area contributed by atoms with Crippen molar-refractivity contribution >= 4 is 23.0 Å². The van der Waals surface area contributed by atoms with E-state index in [4.69, 9.17) is 15.2 Å². The lowest BCUT2D eigenvalue weighted by molar-refractivity contribution is -0.145.